The maximum atomic E-state index is 5.44. The Bertz CT molecular complexity index is 432. The van der Waals surface area contributed by atoms with E-state index in [2.05, 4.69) is 47.8 Å². The number of nitrogens with one attached hydrogen (secondary N) is 1. The van der Waals surface area contributed by atoms with Crippen molar-refractivity contribution in [2.24, 2.45) is 5.73 Å². The molecule has 15 heavy (non-hydrogen) atoms. The molecule has 0 aliphatic heterocycles. The Kier molecular flexibility index (Phi) is 3.33. The van der Waals surface area contributed by atoms with Gasteiger partial charge in [0.25, 0.3) is 0 Å². The van der Waals surface area contributed by atoms with Gasteiger partial charge in [-0.05, 0) is 16.3 Å². The largest absolute Gasteiger partial charge is 0.329 e. The summed E-state index contributed by atoms with van der Waals surface area (Å²) in [5, 5.41) is 5.94. The van der Waals surface area contributed by atoms with E-state index in [1.165, 1.54) is 16.3 Å². The second-order valence-electron chi connectivity index (χ2n) is 3.60. The normalized spacial score (nSPS) is 10.7. The number of hydrogen-bond donors (Lipinski definition) is 2. The van der Waals surface area contributed by atoms with Gasteiger partial charge in [-0.25, -0.2) is 0 Å². The first-order chi connectivity index (χ1) is 7.42. The SMILES string of the molecule is NCCNCc1cccc2ccccc12. The molecule has 2 rings (SSSR count). The molecule has 2 heteroatoms. The smallest absolute Gasteiger partial charge is 0.0212 e. The monoisotopic (exact) mass is 200 g/mol. The van der Waals surface area contributed by atoms with Crippen LogP contribution in [0.25, 0.3) is 10.8 Å². The first kappa shape index (κ1) is 10.1. The van der Waals surface area contributed by atoms with Gasteiger partial charge in [0, 0.05) is 19.6 Å². The molecule has 0 aromatic heterocycles. The Morgan fingerprint density at radius 3 is 2.67 bits per heavy atom. The highest BCUT2D eigenvalue weighted by Gasteiger charge is 1.98. The maximum Gasteiger partial charge on any atom is 0.0212 e. The molecule has 78 valence electrons. The van der Waals surface area contributed by atoms with E-state index in [9.17, 15) is 0 Å². The maximum absolute atomic E-state index is 5.44. The fraction of sp³-hybridized carbons (Fsp3) is 0.231. The highest BCUT2D eigenvalue weighted by atomic mass is 14.9. The number of fused-ring (bicyclic) bond motifs is 1. The van der Waals surface area contributed by atoms with E-state index in [-0.39, 0.29) is 0 Å². The van der Waals surface area contributed by atoms with Gasteiger partial charge >= 0.3 is 0 Å². The van der Waals surface area contributed by atoms with Crippen LogP contribution in [-0.2, 0) is 6.54 Å². The number of benzene rings is 2. The van der Waals surface area contributed by atoms with E-state index < -0.39 is 0 Å². The molecule has 0 bridgehead atoms. The van der Waals surface area contributed by atoms with Gasteiger partial charge in [0.05, 0.1) is 0 Å². The first-order valence-corrected chi connectivity index (χ1v) is 5.29. The Morgan fingerprint density at radius 2 is 1.80 bits per heavy atom. The Morgan fingerprint density at radius 1 is 1.00 bits per heavy atom. The highest BCUT2D eigenvalue weighted by molar-refractivity contribution is 5.85. The summed E-state index contributed by atoms with van der Waals surface area (Å²) in [4.78, 5) is 0. The van der Waals surface area contributed by atoms with Gasteiger partial charge in [-0.1, -0.05) is 42.5 Å². The molecule has 0 aliphatic rings. The number of hydrogen-bond acceptors (Lipinski definition) is 2. The van der Waals surface area contributed by atoms with E-state index in [0.717, 1.165) is 13.1 Å². The van der Waals surface area contributed by atoms with Gasteiger partial charge in [-0.3, -0.25) is 0 Å². The molecule has 0 spiro atoms. The highest BCUT2D eigenvalue weighted by Crippen LogP contribution is 2.17. The Balaban J connectivity index is 2.26. The number of rotatable bonds is 4. The van der Waals surface area contributed by atoms with Gasteiger partial charge < -0.3 is 11.1 Å². The Hall–Kier alpha value is -1.38. The lowest BCUT2D eigenvalue weighted by Gasteiger charge is -2.07. The van der Waals surface area contributed by atoms with Crippen LogP contribution in [0.2, 0.25) is 0 Å². The average Bonchev–Trinajstić information content (AvgIpc) is 2.30. The molecule has 2 aromatic rings. The third-order valence-corrected chi connectivity index (χ3v) is 2.52. The van der Waals surface area contributed by atoms with Gasteiger partial charge in [-0.15, -0.1) is 0 Å². The predicted molar refractivity (Wildman–Crippen MR) is 64.7 cm³/mol. The van der Waals surface area contributed by atoms with Crippen LogP contribution >= 0.6 is 0 Å². The molecule has 0 atom stereocenters. The first-order valence-electron chi connectivity index (χ1n) is 5.29. The molecule has 0 saturated heterocycles. The van der Waals surface area contributed by atoms with Crippen molar-refractivity contribution in [3.8, 4) is 0 Å². The minimum atomic E-state index is 0.685. The van der Waals surface area contributed by atoms with Crippen LogP contribution in [0.1, 0.15) is 5.56 Å². The molecular formula is C13H16N2. The minimum absolute atomic E-state index is 0.685. The van der Waals surface area contributed by atoms with E-state index >= 15 is 0 Å². The van der Waals surface area contributed by atoms with Crippen molar-refractivity contribution in [3.05, 3.63) is 48.0 Å². The van der Waals surface area contributed by atoms with E-state index in [1.807, 2.05) is 0 Å². The molecule has 0 aliphatic carbocycles. The molecule has 0 unspecified atom stereocenters. The summed E-state index contributed by atoms with van der Waals surface area (Å²) in [5.74, 6) is 0. The van der Waals surface area contributed by atoms with Crippen LogP contribution in [0.5, 0.6) is 0 Å². The average molecular weight is 200 g/mol. The second-order valence-corrected chi connectivity index (χ2v) is 3.60. The third kappa shape index (κ3) is 2.35. The van der Waals surface area contributed by atoms with Crippen molar-refractivity contribution in [1.82, 2.24) is 5.32 Å². The van der Waals surface area contributed by atoms with Crippen molar-refractivity contribution in [1.29, 1.82) is 0 Å². The van der Waals surface area contributed by atoms with Gasteiger partial charge in [0.2, 0.25) is 0 Å². The van der Waals surface area contributed by atoms with Crippen LogP contribution in [-0.4, -0.2) is 13.1 Å². The molecule has 0 saturated carbocycles. The molecule has 0 amide bonds. The Labute approximate surface area is 90.1 Å². The molecule has 3 N–H and O–H groups in total. The summed E-state index contributed by atoms with van der Waals surface area (Å²) in [7, 11) is 0. The van der Waals surface area contributed by atoms with Crippen molar-refractivity contribution in [2.75, 3.05) is 13.1 Å². The van der Waals surface area contributed by atoms with E-state index in [0.29, 0.717) is 6.54 Å². The molecule has 0 radical (unpaired) electrons. The molecule has 2 nitrogen and oxygen atoms in total. The third-order valence-electron chi connectivity index (χ3n) is 2.52. The van der Waals surface area contributed by atoms with E-state index in [4.69, 9.17) is 5.73 Å². The lowest BCUT2D eigenvalue weighted by molar-refractivity contribution is 0.698. The zero-order valence-corrected chi connectivity index (χ0v) is 8.74. The minimum Gasteiger partial charge on any atom is -0.329 e. The van der Waals surface area contributed by atoms with Crippen LogP contribution in [0.15, 0.2) is 42.5 Å². The van der Waals surface area contributed by atoms with Crippen molar-refractivity contribution < 1.29 is 0 Å². The van der Waals surface area contributed by atoms with Crippen LogP contribution in [0.4, 0.5) is 0 Å². The predicted octanol–water partition coefficient (Wildman–Crippen LogP) is 1.89. The summed E-state index contributed by atoms with van der Waals surface area (Å²) in [6.07, 6.45) is 0. The quantitative estimate of drug-likeness (QED) is 0.740. The standard InChI is InChI=1S/C13H16N2/c14-8-9-15-10-12-6-3-5-11-4-1-2-7-13(11)12/h1-7,15H,8-10,14H2. The fourth-order valence-corrected chi connectivity index (χ4v) is 1.77. The molecule has 0 heterocycles. The summed E-state index contributed by atoms with van der Waals surface area (Å²) >= 11 is 0. The van der Waals surface area contributed by atoms with Crippen LogP contribution in [0.3, 0.4) is 0 Å². The molecular weight excluding hydrogens is 184 g/mol. The lowest BCUT2D eigenvalue weighted by atomic mass is 10.0. The molecule has 0 fully saturated rings. The fourth-order valence-electron chi connectivity index (χ4n) is 1.77. The van der Waals surface area contributed by atoms with Crippen LogP contribution in [0, 0.1) is 0 Å². The summed E-state index contributed by atoms with van der Waals surface area (Å²) in [6.45, 7) is 2.44. The van der Waals surface area contributed by atoms with Gasteiger partial charge in [0.15, 0.2) is 0 Å². The van der Waals surface area contributed by atoms with Crippen LogP contribution < -0.4 is 11.1 Å². The number of nitrogens with two attached hydrogens (primary N) is 1. The zero-order valence-electron chi connectivity index (χ0n) is 8.74. The van der Waals surface area contributed by atoms with Gasteiger partial charge in [0.1, 0.15) is 0 Å². The van der Waals surface area contributed by atoms with Crippen molar-refractivity contribution >= 4 is 10.8 Å². The van der Waals surface area contributed by atoms with Crippen molar-refractivity contribution in [3.63, 3.8) is 0 Å². The van der Waals surface area contributed by atoms with Crippen molar-refractivity contribution in [2.45, 2.75) is 6.54 Å². The topological polar surface area (TPSA) is 38.0 Å². The summed E-state index contributed by atoms with van der Waals surface area (Å²) < 4.78 is 0. The molecule has 2 aromatic carbocycles. The summed E-state index contributed by atoms with van der Waals surface area (Å²) in [6, 6.07) is 14.8. The lowest BCUT2D eigenvalue weighted by Crippen LogP contribution is -2.21. The van der Waals surface area contributed by atoms with Gasteiger partial charge in [-0.2, -0.15) is 0 Å². The van der Waals surface area contributed by atoms with E-state index in [1.54, 1.807) is 0 Å². The summed E-state index contributed by atoms with van der Waals surface area (Å²) in [5.41, 5.74) is 6.78. The zero-order chi connectivity index (χ0) is 10.5. The second kappa shape index (κ2) is 4.91.